The average Bonchev–Trinajstić information content (AvgIpc) is 2.85. The fraction of sp³-hybridized carbons (Fsp3) is 0.143. The molecule has 4 aromatic carbocycles. The van der Waals surface area contributed by atoms with Crippen molar-refractivity contribution in [3.63, 3.8) is 0 Å². The van der Waals surface area contributed by atoms with Gasteiger partial charge in [0, 0.05) is 4.47 Å². The van der Waals surface area contributed by atoms with E-state index in [9.17, 15) is 4.79 Å². The second kappa shape index (κ2) is 12.2. The van der Waals surface area contributed by atoms with Crippen molar-refractivity contribution in [2.75, 3.05) is 6.61 Å². The van der Waals surface area contributed by atoms with Crippen LogP contribution in [0.3, 0.4) is 0 Å². The van der Waals surface area contributed by atoms with Crippen LogP contribution in [0, 0.1) is 3.57 Å². The summed E-state index contributed by atoms with van der Waals surface area (Å²) in [4.78, 5) is 12.2. The number of rotatable bonds is 9. The van der Waals surface area contributed by atoms with Gasteiger partial charge in [0.05, 0.1) is 22.8 Å². The number of amides is 1. The summed E-state index contributed by atoms with van der Waals surface area (Å²) in [5.41, 5.74) is 5.42. The summed E-state index contributed by atoms with van der Waals surface area (Å²) in [7, 11) is 0. The molecule has 0 spiro atoms. The first-order valence-electron chi connectivity index (χ1n) is 11.2. The molecule has 0 bridgehead atoms. The van der Waals surface area contributed by atoms with Crippen LogP contribution in [-0.2, 0) is 17.8 Å². The number of ether oxygens (including phenoxy) is 2. The molecule has 0 heterocycles. The molecule has 4 aromatic rings. The van der Waals surface area contributed by atoms with Crippen molar-refractivity contribution in [3.8, 4) is 11.5 Å². The molecule has 5 nitrogen and oxygen atoms in total. The maximum absolute atomic E-state index is 12.2. The third-order valence-electron chi connectivity index (χ3n) is 5.26. The quantitative estimate of drug-likeness (QED) is 0.123. The van der Waals surface area contributed by atoms with E-state index in [2.05, 4.69) is 73.3 Å². The van der Waals surface area contributed by atoms with Crippen LogP contribution < -0.4 is 14.9 Å². The van der Waals surface area contributed by atoms with Gasteiger partial charge in [-0.2, -0.15) is 5.10 Å². The molecule has 35 heavy (non-hydrogen) atoms. The highest BCUT2D eigenvalue weighted by Gasteiger charge is 2.13. The molecule has 0 fully saturated rings. The van der Waals surface area contributed by atoms with Crippen LogP contribution in [0.5, 0.6) is 11.5 Å². The number of carbonyl (C=O) groups is 1. The highest BCUT2D eigenvalue weighted by molar-refractivity contribution is 14.1. The van der Waals surface area contributed by atoms with E-state index in [1.54, 1.807) is 6.21 Å². The maximum Gasteiger partial charge on any atom is 0.244 e. The zero-order valence-electron chi connectivity index (χ0n) is 19.1. The summed E-state index contributed by atoms with van der Waals surface area (Å²) >= 11 is 5.63. The molecule has 7 heteroatoms. The highest BCUT2D eigenvalue weighted by atomic mass is 127. The summed E-state index contributed by atoms with van der Waals surface area (Å²) in [5.74, 6) is 1.15. The van der Waals surface area contributed by atoms with Crippen LogP contribution in [0.15, 0.2) is 88.4 Å². The number of carbonyl (C=O) groups excluding carboxylic acids is 1. The van der Waals surface area contributed by atoms with E-state index in [-0.39, 0.29) is 12.3 Å². The molecule has 1 N–H and O–H groups in total. The Morgan fingerprint density at radius 1 is 1.03 bits per heavy atom. The smallest absolute Gasteiger partial charge is 0.244 e. The molecule has 0 radical (unpaired) electrons. The molecule has 178 valence electrons. The number of hydrazone groups is 1. The second-order valence-electron chi connectivity index (χ2n) is 7.79. The Morgan fingerprint density at radius 2 is 1.80 bits per heavy atom. The molecule has 0 atom stereocenters. The molecule has 0 aliphatic carbocycles. The zero-order valence-corrected chi connectivity index (χ0v) is 22.9. The number of hydrogen-bond donors (Lipinski definition) is 1. The summed E-state index contributed by atoms with van der Waals surface area (Å²) in [5, 5.41) is 6.48. The molecule has 0 aliphatic heterocycles. The fourth-order valence-electron chi connectivity index (χ4n) is 3.64. The van der Waals surface area contributed by atoms with Crippen molar-refractivity contribution in [2.24, 2.45) is 5.10 Å². The van der Waals surface area contributed by atoms with Crippen LogP contribution in [0.4, 0.5) is 0 Å². The Labute approximate surface area is 226 Å². The number of nitrogens with zero attached hydrogens (tertiary/aromatic N) is 1. The van der Waals surface area contributed by atoms with E-state index in [0.717, 1.165) is 24.7 Å². The zero-order chi connectivity index (χ0) is 24.6. The molecule has 4 rings (SSSR count). The number of halogens is 2. The number of benzene rings is 4. The minimum absolute atomic E-state index is 0.182. The van der Waals surface area contributed by atoms with Crippen LogP contribution in [0.2, 0.25) is 0 Å². The molecule has 1 amide bonds. The Hall–Kier alpha value is -2.91. The van der Waals surface area contributed by atoms with Crippen LogP contribution >= 0.6 is 38.5 Å². The van der Waals surface area contributed by atoms with Gasteiger partial charge in [0.1, 0.15) is 6.61 Å². The topological polar surface area (TPSA) is 59.9 Å². The molecule has 0 aromatic heterocycles. The van der Waals surface area contributed by atoms with Gasteiger partial charge in [-0.05, 0) is 81.2 Å². The van der Waals surface area contributed by atoms with Crippen molar-refractivity contribution in [1.29, 1.82) is 0 Å². The van der Waals surface area contributed by atoms with Gasteiger partial charge in [-0.15, -0.1) is 0 Å². The lowest BCUT2D eigenvalue weighted by atomic mass is 10.1. The first-order valence-corrected chi connectivity index (χ1v) is 13.0. The number of nitrogens with one attached hydrogen (secondary N) is 1. The maximum atomic E-state index is 12.2. The molecule has 0 saturated heterocycles. The monoisotopic (exact) mass is 642 g/mol. The third kappa shape index (κ3) is 6.82. The van der Waals surface area contributed by atoms with Crippen LogP contribution in [0.25, 0.3) is 10.8 Å². The summed E-state index contributed by atoms with van der Waals surface area (Å²) in [6.07, 6.45) is 1.87. The Kier molecular flexibility index (Phi) is 8.76. The second-order valence-corrected chi connectivity index (χ2v) is 9.86. The summed E-state index contributed by atoms with van der Waals surface area (Å²) < 4.78 is 14.0. The van der Waals surface area contributed by atoms with Gasteiger partial charge in [0.15, 0.2) is 11.5 Å². The molecule has 0 aliphatic rings. The van der Waals surface area contributed by atoms with E-state index in [1.807, 2.05) is 61.5 Å². The molecular weight excluding hydrogens is 619 g/mol. The van der Waals surface area contributed by atoms with Gasteiger partial charge in [-0.1, -0.05) is 70.5 Å². The van der Waals surface area contributed by atoms with Gasteiger partial charge in [0.25, 0.3) is 0 Å². The van der Waals surface area contributed by atoms with Crippen LogP contribution in [-0.4, -0.2) is 18.7 Å². The average molecular weight is 643 g/mol. The van der Waals surface area contributed by atoms with E-state index >= 15 is 0 Å². The number of fused-ring (bicyclic) bond motifs is 1. The standard InChI is InChI=1S/C28H24BrIN2O3/c1-2-34-26-15-20(17-31-32-27(33)16-19-10-12-23(29)13-11-19)14-25(30)28(26)35-18-22-8-5-7-21-6-3-4-9-24(21)22/h3-15,17H,2,16,18H2,1H3,(H,32,33)/b31-17+. The Balaban J connectivity index is 1.45. The molecule has 0 saturated carbocycles. The van der Waals surface area contributed by atoms with Crippen molar-refractivity contribution in [1.82, 2.24) is 5.43 Å². The van der Waals surface area contributed by atoms with Gasteiger partial charge in [-0.25, -0.2) is 5.43 Å². The van der Waals surface area contributed by atoms with E-state index < -0.39 is 0 Å². The first kappa shape index (κ1) is 25.2. The van der Waals surface area contributed by atoms with Crippen molar-refractivity contribution in [3.05, 3.63) is 104 Å². The summed E-state index contributed by atoms with van der Waals surface area (Å²) in [6.45, 7) is 2.87. The minimum atomic E-state index is -0.182. The predicted octanol–water partition coefficient (Wildman–Crippen LogP) is 6.88. The predicted molar refractivity (Wildman–Crippen MR) is 152 cm³/mol. The van der Waals surface area contributed by atoms with Crippen molar-refractivity contribution < 1.29 is 14.3 Å². The van der Waals surface area contributed by atoms with Gasteiger partial charge in [-0.3, -0.25) is 4.79 Å². The van der Waals surface area contributed by atoms with Gasteiger partial charge < -0.3 is 9.47 Å². The number of hydrogen-bond acceptors (Lipinski definition) is 4. The van der Waals surface area contributed by atoms with E-state index in [0.29, 0.717) is 24.7 Å². The fourth-order valence-corrected chi connectivity index (χ4v) is 4.69. The first-order chi connectivity index (χ1) is 17.0. The Bertz CT molecular complexity index is 1350. The minimum Gasteiger partial charge on any atom is -0.490 e. The van der Waals surface area contributed by atoms with Crippen LogP contribution in [0.1, 0.15) is 23.6 Å². The van der Waals surface area contributed by atoms with E-state index in [4.69, 9.17) is 9.47 Å². The highest BCUT2D eigenvalue weighted by Crippen LogP contribution is 2.35. The molecule has 0 unspecified atom stereocenters. The largest absolute Gasteiger partial charge is 0.490 e. The Morgan fingerprint density at radius 3 is 2.60 bits per heavy atom. The SMILES string of the molecule is CCOc1cc(/C=N/NC(=O)Cc2ccc(Br)cc2)cc(I)c1OCc1cccc2ccccc12. The molecular formula is C28H24BrIN2O3. The normalized spacial score (nSPS) is 11.1. The van der Waals surface area contributed by atoms with Gasteiger partial charge >= 0.3 is 0 Å². The van der Waals surface area contributed by atoms with Crippen molar-refractivity contribution >= 4 is 61.4 Å². The van der Waals surface area contributed by atoms with E-state index in [1.165, 1.54) is 10.8 Å². The van der Waals surface area contributed by atoms with Gasteiger partial charge in [0.2, 0.25) is 5.91 Å². The van der Waals surface area contributed by atoms with Crippen molar-refractivity contribution in [2.45, 2.75) is 20.0 Å². The summed E-state index contributed by atoms with van der Waals surface area (Å²) in [6, 6.07) is 25.9. The lowest BCUT2D eigenvalue weighted by Crippen LogP contribution is -2.19. The lowest BCUT2D eigenvalue weighted by Gasteiger charge is -2.15. The third-order valence-corrected chi connectivity index (χ3v) is 6.59. The lowest BCUT2D eigenvalue weighted by molar-refractivity contribution is -0.120.